The monoisotopic (exact) mass is 321 g/mol. The van der Waals surface area contributed by atoms with Gasteiger partial charge in [-0.25, -0.2) is 0 Å². The smallest absolute Gasteiger partial charge is 0.243 e. The number of hydrogen-bond donors (Lipinski definition) is 1. The quantitative estimate of drug-likeness (QED) is 0.754. The summed E-state index contributed by atoms with van der Waals surface area (Å²) in [6.07, 6.45) is 0.836. The van der Waals surface area contributed by atoms with Crippen LogP contribution < -0.4 is 10.1 Å². The van der Waals surface area contributed by atoms with E-state index in [4.69, 9.17) is 4.74 Å². The van der Waals surface area contributed by atoms with Crippen molar-refractivity contribution in [1.82, 2.24) is 9.80 Å². The zero-order valence-electron chi connectivity index (χ0n) is 14.5. The molecule has 0 unspecified atom stereocenters. The van der Waals surface area contributed by atoms with Gasteiger partial charge in [0.1, 0.15) is 5.75 Å². The van der Waals surface area contributed by atoms with E-state index >= 15 is 0 Å². The molecule has 0 aliphatic carbocycles. The van der Waals surface area contributed by atoms with E-state index < -0.39 is 0 Å². The second kappa shape index (κ2) is 9.84. The Morgan fingerprint density at radius 2 is 1.78 bits per heavy atom. The van der Waals surface area contributed by atoms with Crippen molar-refractivity contribution >= 4 is 17.5 Å². The number of anilines is 1. The highest BCUT2D eigenvalue weighted by Gasteiger charge is 2.13. The van der Waals surface area contributed by atoms with Crippen molar-refractivity contribution in [3.63, 3.8) is 0 Å². The van der Waals surface area contributed by atoms with Gasteiger partial charge in [0, 0.05) is 19.2 Å². The minimum Gasteiger partial charge on any atom is -0.494 e. The van der Waals surface area contributed by atoms with Gasteiger partial charge in [-0.2, -0.15) is 0 Å². The van der Waals surface area contributed by atoms with Crippen molar-refractivity contribution in [2.75, 3.05) is 45.7 Å². The molecule has 0 fully saturated rings. The second-order valence-corrected chi connectivity index (χ2v) is 5.60. The predicted octanol–water partition coefficient (Wildman–Crippen LogP) is 1.82. The summed E-state index contributed by atoms with van der Waals surface area (Å²) in [5, 5.41) is 2.80. The van der Waals surface area contributed by atoms with Crippen molar-refractivity contribution < 1.29 is 14.3 Å². The number of benzene rings is 1. The molecule has 0 aliphatic rings. The number of hydrogen-bond acceptors (Lipinski definition) is 4. The van der Waals surface area contributed by atoms with E-state index in [1.165, 1.54) is 6.92 Å². The van der Waals surface area contributed by atoms with Gasteiger partial charge < -0.3 is 19.9 Å². The summed E-state index contributed by atoms with van der Waals surface area (Å²) in [6.45, 7) is 5.53. The average molecular weight is 321 g/mol. The van der Waals surface area contributed by atoms with Crippen LogP contribution in [0, 0.1) is 0 Å². The first-order chi connectivity index (χ1) is 10.9. The Balaban J connectivity index is 2.49. The molecule has 0 saturated carbocycles. The van der Waals surface area contributed by atoms with Crippen molar-refractivity contribution in [2.45, 2.75) is 20.3 Å². The Morgan fingerprint density at radius 3 is 2.30 bits per heavy atom. The Morgan fingerprint density at radius 1 is 1.13 bits per heavy atom. The highest BCUT2D eigenvalue weighted by Crippen LogP contribution is 2.15. The Hall–Kier alpha value is -2.08. The van der Waals surface area contributed by atoms with Crippen LogP contribution in [0.15, 0.2) is 24.3 Å². The SMILES string of the molecule is CCOc1ccc(NC(=O)CN(CCCN(C)C)C(C)=O)cc1. The first-order valence-corrected chi connectivity index (χ1v) is 7.85. The number of amides is 2. The van der Waals surface area contributed by atoms with Crippen LogP contribution in [-0.2, 0) is 9.59 Å². The molecule has 6 nitrogen and oxygen atoms in total. The Labute approximate surface area is 138 Å². The van der Waals surface area contributed by atoms with Gasteiger partial charge in [0.25, 0.3) is 0 Å². The summed E-state index contributed by atoms with van der Waals surface area (Å²) in [5.74, 6) is 0.472. The topological polar surface area (TPSA) is 61.9 Å². The van der Waals surface area contributed by atoms with Crippen LogP contribution in [0.1, 0.15) is 20.3 Å². The lowest BCUT2D eigenvalue weighted by molar-refractivity contribution is -0.132. The second-order valence-electron chi connectivity index (χ2n) is 5.60. The van der Waals surface area contributed by atoms with Crippen LogP contribution in [0.5, 0.6) is 5.75 Å². The summed E-state index contributed by atoms with van der Waals surface area (Å²) >= 11 is 0. The number of carbonyl (C=O) groups is 2. The molecule has 0 atom stereocenters. The summed E-state index contributed by atoms with van der Waals surface area (Å²) < 4.78 is 5.36. The zero-order valence-corrected chi connectivity index (χ0v) is 14.5. The lowest BCUT2D eigenvalue weighted by Crippen LogP contribution is -2.38. The molecule has 1 aromatic carbocycles. The average Bonchev–Trinajstić information content (AvgIpc) is 2.48. The molecule has 0 radical (unpaired) electrons. The van der Waals surface area contributed by atoms with E-state index in [0.29, 0.717) is 18.8 Å². The number of nitrogens with one attached hydrogen (secondary N) is 1. The fourth-order valence-corrected chi connectivity index (χ4v) is 2.10. The summed E-state index contributed by atoms with van der Waals surface area (Å²) in [4.78, 5) is 27.3. The molecular weight excluding hydrogens is 294 g/mol. The predicted molar refractivity (Wildman–Crippen MR) is 91.7 cm³/mol. The number of ether oxygens (including phenoxy) is 1. The molecule has 0 aromatic heterocycles. The Kier molecular flexibility index (Phi) is 8.11. The third-order valence-electron chi connectivity index (χ3n) is 3.26. The molecular formula is C17H27N3O3. The molecule has 1 N–H and O–H groups in total. The Bertz CT molecular complexity index is 500. The van der Waals surface area contributed by atoms with Gasteiger partial charge in [-0.15, -0.1) is 0 Å². The van der Waals surface area contributed by atoms with Crippen LogP contribution in [0.25, 0.3) is 0 Å². The fourth-order valence-electron chi connectivity index (χ4n) is 2.10. The van der Waals surface area contributed by atoms with Crippen molar-refractivity contribution in [3.8, 4) is 5.75 Å². The molecule has 1 rings (SSSR count). The lowest BCUT2D eigenvalue weighted by atomic mass is 10.3. The first-order valence-electron chi connectivity index (χ1n) is 7.85. The summed E-state index contributed by atoms with van der Waals surface area (Å²) in [5.41, 5.74) is 0.690. The first kappa shape index (κ1) is 19.0. The van der Waals surface area contributed by atoms with E-state index in [-0.39, 0.29) is 18.4 Å². The maximum absolute atomic E-state index is 12.1. The number of carbonyl (C=O) groups excluding carboxylic acids is 2. The van der Waals surface area contributed by atoms with Gasteiger partial charge in [0.2, 0.25) is 11.8 Å². The molecule has 0 aliphatic heterocycles. The molecule has 128 valence electrons. The van der Waals surface area contributed by atoms with Crippen molar-refractivity contribution in [2.24, 2.45) is 0 Å². The molecule has 6 heteroatoms. The standard InChI is InChI=1S/C17H27N3O3/c1-5-23-16-9-7-15(8-10-16)18-17(22)13-20(14(2)21)12-6-11-19(3)4/h7-10H,5-6,11-13H2,1-4H3,(H,18,22). The van der Waals surface area contributed by atoms with Crippen LogP contribution in [-0.4, -0.2) is 62.0 Å². The maximum atomic E-state index is 12.1. The largest absolute Gasteiger partial charge is 0.494 e. The van der Waals surface area contributed by atoms with Gasteiger partial charge in [0.05, 0.1) is 13.2 Å². The summed E-state index contributed by atoms with van der Waals surface area (Å²) in [6, 6.07) is 7.18. The highest BCUT2D eigenvalue weighted by atomic mass is 16.5. The molecule has 0 heterocycles. The van der Waals surface area contributed by atoms with Gasteiger partial charge in [-0.1, -0.05) is 0 Å². The van der Waals surface area contributed by atoms with Crippen LogP contribution in [0.4, 0.5) is 5.69 Å². The third kappa shape index (κ3) is 7.65. The van der Waals surface area contributed by atoms with E-state index in [0.717, 1.165) is 18.7 Å². The lowest BCUT2D eigenvalue weighted by Gasteiger charge is -2.21. The molecule has 0 spiro atoms. The van der Waals surface area contributed by atoms with Crippen molar-refractivity contribution in [1.29, 1.82) is 0 Å². The highest BCUT2D eigenvalue weighted by molar-refractivity contribution is 5.94. The van der Waals surface area contributed by atoms with Crippen LogP contribution >= 0.6 is 0 Å². The maximum Gasteiger partial charge on any atom is 0.243 e. The van der Waals surface area contributed by atoms with E-state index in [9.17, 15) is 9.59 Å². The molecule has 23 heavy (non-hydrogen) atoms. The van der Waals surface area contributed by atoms with Gasteiger partial charge in [-0.3, -0.25) is 9.59 Å². The molecule has 0 bridgehead atoms. The minimum absolute atomic E-state index is 0.0654. The van der Waals surface area contributed by atoms with Crippen LogP contribution in [0.3, 0.4) is 0 Å². The molecule has 1 aromatic rings. The van der Waals surface area contributed by atoms with Gasteiger partial charge in [0.15, 0.2) is 0 Å². The van der Waals surface area contributed by atoms with Gasteiger partial charge >= 0.3 is 0 Å². The third-order valence-corrected chi connectivity index (χ3v) is 3.26. The van der Waals surface area contributed by atoms with Gasteiger partial charge in [-0.05, 0) is 58.3 Å². The fraction of sp³-hybridized carbons (Fsp3) is 0.529. The van der Waals surface area contributed by atoms with E-state index in [1.54, 1.807) is 29.2 Å². The van der Waals surface area contributed by atoms with E-state index in [1.807, 2.05) is 21.0 Å². The normalized spacial score (nSPS) is 10.5. The van der Waals surface area contributed by atoms with E-state index in [2.05, 4.69) is 10.2 Å². The number of rotatable bonds is 9. The zero-order chi connectivity index (χ0) is 17.2. The van der Waals surface area contributed by atoms with Crippen molar-refractivity contribution in [3.05, 3.63) is 24.3 Å². The molecule has 0 saturated heterocycles. The number of nitrogens with zero attached hydrogens (tertiary/aromatic N) is 2. The molecule has 2 amide bonds. The minimum atomic E-state index is -0.200. The van der Waals surface area contributed by atoms with Crippen LogP contribution in [0.2, 0.25) is 0 Å². The summed E-state index contributed by atoms with van der Waals surface area (Å²) in [7, 11) is 3.97.